The Morgan fingerprint density at radius 1 is 0.925 bits per heavy atom. The third-order valence-corrected chi connectivity index (χ3v) is 8.63. The highest BCUT2D eigenvalue weighted by molar-refractivity contribution is 7.89. The summed E-state index contributed by atoms with van der Waals surface area (Å²) in [4.78, 5) is 27.8. The predicted molar refractivity (Wildman–Crippen MR) is 151 cm³/mol. The fourth-order valence-electron chi connectivity index (χ4n) is 4.96. The SMILES string of the molecule is O=C(NCCc1ccccc1)[C@@H]1CN(C(=O)COc2ccc(S(=O)(=O)NC3CCCC3)cc2)c2ccccc2O1. The van der Waals surface area contributed by atoms with E-state index in [4.69, 9.17) is 9.47 Å². The molecule has 3 aromatic carbocycles. The first-order chi connectivity index (χ1) is 19.4. The molecule has 0 saturated heterocycles. The van der Waals surface area contributed by atoms with Crippen molar-refractivity contribution in [2.24, 2.45) is 0 Å². The topological polar surface area (TPSA) is 114 Å². The largest absolute Gasteiger partial charge is 0.484 e. The van der Waals surface area contributed by atoms with E-state index in [0.717, 1.165) is 31.2 Å². The highest BCUT2D eigenvalue weighted by atomic mass is 32.2. The van der Waals surface area contributed by atoms with Gasteiger partial charge in [0.05, 0.1) is 17.1 Å². The Hall–Kier alpha value is -3.89. The van der Waals surface area contributed by atoms with Gasteiger partial charge in [-0.25, -0.2) is 13.1 Å². The van der Waals surface area contributed by atoms with Gasteiger partial charge >= 0.3 is 0 Å². The van der Waals surface area contributed by atoms with Gasteiger partial charge in [0.2, 0.25) is 10.0 Å². The van der Waals surface area contributed by atoms with Crippen molar-refractivity contribution in [1.29, 1.82) is 0 Å². The molecule has 210 valence electrons. The number of nitrogens with one attached hydrogen (secondary N) is 2. The number of ether oxygens (including phenoxy) is 2. The van der Waals surface area contributed by atoms with Gasteiger partial charge in [0.15, 0.2) is 12.7 Å². The van der Waals surface area contributed by atoms with Crippen molar-refractivity contribution >= 4 is 27.5 Å². The van der Waals surface area contributed by atoms with Crippen LogP contribution in [-0.2, 0) is 26.0 Å². The van der Waals surface area contributed by atoms with Crippen molar-refractivity contribution < 1.29 is 27.5 Å². The summed E-state index contributed by atoms with van der Waals surface area (Å²) < 4.78 is 39.7. The monoisotopic (exact) mass is 563 g/mol. The first-order valence-corrected chi connectivity index (χ1v) is 15.0. The Kier molecular flexibility index (Phi) is 8.66. The van der Waals surface area contributed by atoms with Crippen LogP contribution in [0, 0.1) is 0 Å². The molecule has 1 aliphatic heterocycles. The zero-order valence-electron chi connectivity index (χ0n) is 22.1. The molecule has 3 aromatic rings. The molecule has 40 heavy (non-hydrogen) atoms. The van der Waals surface area contributed by atoms with Gasteiger partial charge in [-0.1, -0.05) is 55.3 Å². The molecule has 1 fully saturated rings. The van der Waals surface area contributed by atoms with Crippen molar-refractivity contribution in [2.45, 2.75) is 49.1 Å². The number of rotatable bonds is 10. The number of amides is 2. The average Bonchev–Trinajstić information content (AvgIpc) is 3.48. The van der Waals surface area contributed by atoms with Gasteiger partial charge in [0.25, 0.3) is 11.8 Å². The molecule has 0 aromatic heterocycles. The fourth-order valence-corrected chi connectivity index (χ4v) is 6.27. The summed E-state index contributed by atoms with van der Waals surface area (Å²) in [6.45, 7) is 0.201. The second kappa shape index (κ2) is 12.5. The number of hydrogen-bond acceptors (Lipinski definition) is 6. The van der Waals surface area contributed by atoms with Gasteiger partial charge in [-0.15, -0.1) is 0 Å². The molecule has 1 heterocycles. The van der Waals surface area contributed by atoms with Crippen LogP contribution in [-0.4, -0.2) is 52.1 Å². The number of fused-ring (bicyclic) bond motifs is 1. The zero-order valence-corrected chi connectivity index (χ0v) is 22.9. The van der Waals surface area contributed by atoms with Gasteiger partial charge in [-0.2, -0.15) is 0 Å². The summed E-state index contributed by atoms with van der Waals surface area (Å²) >= 11 is 0. The number of carbonyl (C=O) groups is 2. The molecule has 10 heteroatoms. The molecule has 1 aliphatic carbocycles. The Morgan fingerprint density at radius 2 is 1.62 bits per heavy atom. The summed E-state index contributed by atoms with van der Waals surface area (Å²) in [5.74, 6) is 0.157. The van der Waals surface area contributed by atoms with E-state index in [1.165, 1.54) is 29.2 Å². The number of carbonyl (C=O) groups excluding carboxylic acids is 2. The highest BCUT2D eigenvalue weighted by Crippen LogP contribution is 2.33. The number of nitrogens with zero attached hydrogens (tertiary/aromatic N) is 1. The molecular weight excluding hydrogens is 530 g/mol. The lowest BCUT2D eigenvalue weighted by Crippen LogP contribution is -2.52. The van der Waals surface area contributed by atoms with Crippen LogP contribution in [0.4, 0.5) is 5.69 Å². The molecule has 9 nitrogen and oxygen atoms in total. The van der Waals surface area contributed by atoms with Gasteiger partial charge in [0, 0.05) is 12.6 Å². The van der Waals surface area contributed by atoms with Crippen LogP contribution in [0.2, 0.25) is 0 Å². The van der Waals surface area contributed by atoms with E-state index in [-0.39, 0.29) is 35.9 Å². The minimum absolute atomic E-state index is 0.0234. The van der Waals surface area contributed by atoms with Crippen molar-refractivity contribution in [3.05, 3.63) is 84.4 Å². The van der Waals surface area contributed by atoms with Crippen molar-refractivity contribution in [3.8, 4) is 11.5 Å². The molecule has 2 aliphatic rings. The van der Waals surface area contributed by atoms with Crippen molar-refractivity contribution in [3.63, 3.8) is 0 Å². The summed E-state index contributed by atoms with van der Waals surface area (Å²) in [5.41, 5.74) is 1.67. The van der Waals surface area contributed by atoms with Crippen LogP contribution in [0.1, 0.15) is 31.2 Å². The third kappa shape index (κ3) is 6.81. The predicted octanol–water partition coefficient (Wildman–Crippen LogP) is 3.44. The van der Waals surface area contributed by atoms with Crippen LogP contribution in [0.25, 0.3) is 0 Å². The Labute approximate surface area is 234 Å². The quantitative estimate of drug-likeness (QED) is 0.391. The standard InChI is InChI=1S/C30H33N3O6S/c34-29(21-38-24-14-16-25(17-15-24)40(36,37)32-23-10-4-5-11-23)33-20-28(39-27-13-7-6-12-26(27)33)30(35)31-19-18-22-8-2-1-3-9-22/h1-3,6-9,12-17,23,28,32H,4-5,10-11,18-21H2,(H,31,35)/t28-/m0/s1. The van der Waals surface area contributed by atoms with E-state index in [1.807, 2.05) is 30.3 Å². The van der Waals surface area contributed by atoms with Crippen LogP contribution >= 0.6 is 0 Å². The number of para-hydroxylation sites is 2. The van der Waals surface area contributed by atoms with E-state index in [0.29, 0.717) is 30.2 Å². The van der Waals surface area contributed by atoms with E-state index in [9.17, 15) is 18.0 Å². The molecule has 0 bridgehead atoms. The highest BCUT2D eigenvalue weighted by Gasteiger charge is 2.34. The zero-order chi connectivity index (χ0) is 28.0. The Morgan fingerprint density at radius 3 is 2.38 bits per heavy atom. The first-order valence-electron chi connectivity index (χ1n) is 13.5. The molecule has 2 N–H and O–H groups in total. The van der Waals surface area contributed by atoms with Gasteiger partial charge in [-0.3, -0.25) is 9.59 Å². The van der Waals surface area contributed by atoms with Gasteiger partial charge in [0.1, 0.15) is 11.5 Å². The minimum atomic E-state index is -3.61. The summed E-state index contributed by atoms with van der Waals surface area (Å²) in [5, 5.41) is 2.90. The summed E-state index contributed by atoms with van der Waals surface area (Å²) in [6.07, 6.45) is 3.57. The lowest BCUT2D eigenvalue weighted by atomic mass is 10.1. The molecule has 1 atom stereocenters. The second-order valence-corrected chi connectivity index (χ2v) is 11.7. The third-order valence-electron chi connectivity index (χ3n) is 7.10. The molecule has 1 saturated carbocycles. The fraction of sp³-hybridized carbons (Fsp3) is 0.333. The van der Waals surface area contributed by atoms with Crippen LogP contribution < -0.4 is 24.4 Å². The van der Waals surface area contributed by atoms with E-state index < -0.39 is 16.1 Å². The molecule has 2 amide bonds. The lowest BCUT2D eigenvalue weighted by molar-refractivity contribution is -0.128. The van der Waals surface area contributed by atoms with Gasteiger partial charge < -0.3 is 19.7 Å². The van der Waals surface area contributed by atoms with Crippen LogP contribution in [0.5, 0.6) is 11.5 Å². The molecule has 0 spiro atoms. The first kappa shape index (κ1) is 27.7. The normalized spacial score (nSPS) is 17.1. The van der Waals surface area contributed by atoms with E-state index in [1.54, 1.807) is 24.3 Å². The Balaban J connectivity index is 1.18. The number of sulfonamides is 1. The molecule has 0 unspecified atom stereocenters. The number of hydrogen-bond donors (Lipinski definition) is 2. The maximum Gasteiger partial charge on any atom is 0.265 e. The van der Waals surface area contributed by atoms with Crippen LogP contribution in [0.3, 0.4) is 0 Å². The second-order valence-electron chi connectivity index (χ2n) is 9.97. The van der Waals surface area contributed by atoms with Crippen molar-refractivity contribution in [2.75, 3.05) is 24.6 Å². The minimum Gasteiger partial charge on any atom is -0.484 e. The Bertz CT molecular complexity index is 1420. The van der Waals surface area contributed by atoms with Gasteiger partial charge in [-0.05, 0) is 61.2 Å². The van der Waals surface area contributed by atoms with E-state index >= 15 is 0 Å². The molecule has 5 rings (SSSR count). The average molecular weight is 564 g/mol. The summed E-state index contributed by atoms with van der Waals surface area (Å²) in [6, 6.07) is 22.9. The smallest absolute Gasteiger partial charge is 0.265 e. The van der Waals surface area contributed by atoms with Crippen molar-refractivity contribution in [1.82, 2.24) is 10.0 Å². The summed E-state index contributed by atoms with van der Waals surface area (Å²) in [7, 11) is -3.61. The van der Waals surface area contributed by atoms with E-state index in [2.05, 4.69) is 10.0 Å². The lowest BCUT2D eigenvalue weighted by Gasteiger charge is -2.34. The molecule has 0 radical (unpaired) electrons. The number of anilines is 1. The maximum absolute atomic E-state index is 13.2. The maximum atomic E-state index is 13.2. The molecular formula is C30H33N3O6S. The van der Waals surface area contributed by atoms with Crippen LogP contribution in [0.15, 0.2) is 83.8 Å². The number of benzene rings is 3.